The van der Waals surface area contributed by atoms with E-state index in [2.05, 4.69) is 14.7 Å². The Kier molecular flexibility index (Phi) is 7.08. The zero-order valence-corrected chi connectivity index (χ0v) is 21.0. The molecule has 13 heteroatoms. The summed E-state index contributed by atoms with van der Waals surface area (Å²) < 4.78 is 69.3. The van der Waals surface area contributed by atoms with Gasteiger partial charge in [0.1, 0.15) is 11.6 Å². The first-order valence-electron chi connectivity index (χ1n) is 11.1. The minimum Gasteiger partial charge on any atom is -0.481 e. The Morgan fingerprint density at radius 2 is 1.73 bits per heavy atom. The van der Waals surface area contributed by atoms with Crippen molar-refractivity contribution in [2.75, 3.05) is 22.7 Å². The fourth-order valence-electron chi connectivity index (χ4n) is 3.97. The number of alkyl halides is 3. The molecule has 0 spiro atoms. The van der Waals surface area contributed by atoms with Gasteiger partial charge in [0.05, 0.1) is 16.7 Å². The normalized spacial score (nSPS) is 15.9. The highest BCUT2D eigenvalue weighted by atomic mass is 35.5. The number of hydrogen-bond donors (Lipinski definition) is 2. The number of hydrogen-bond acceptors (Lipinski definition) is 6. The number of aliphatic carboxylic acids is 1. The number of sulfonamides is 1. The molecule has 1 aliphatic heterocycles. The van der Waals surface area contributed by atoms with Crippen molar-refractivity contribution in [2.45, 2.75) is 31.0 Å². The number of carboxylic acid groups (broad SMARTS) is 1. The zero-order valence-electron chi connectivity index (χ0n) is 19.5. The number of nitrogens with zero attached hydrogens (tertiary/aromatic N) is 3. The SMILES string of the molecule is CC1(C(=O)O)CCN(c2cccc(S(=O)(=O)Nc3ccc(C(F)(F)F)c(-c4ccccc4Cl)n3)n2)CC1. The fraction of sp³-hybridized carbons (Fsp3) is 0.292. The van der Waals surface area contributed by atoms with Crippen molar-refractivity contribution in [3.63, 3.8) is 0 Å². The molecule has 2 aromatic heterocycles. The molecule has 1 aliphatic rings. The summed E-state index contributed by atoms with van der Waals surface area (Å²) in [6.45, 7) is 2.40. The van der Waals surface area contributed by atoms with Crippen molar-refractivity contribution in [3.05, 3.63) is 65.2 Å². The van der Waals surface area contributed by atoms with Gasteiger partial charge in [-0.15, -0.1) is 0 Å². The number of anilines is 2. The minimum absolute atomic E-state index is 0.00359. The number of benzene rings is 1. The first-order valence-corrected chi connectivity index (χ1v) is 13.0. The van der Waals surface area contributed by atoms with Crippen LogP contribution >= 0.6 is 11.6 Å². The third-order valence-corrected chi connectivity index (χ3v) is 7.85. The molecular weight excluding hydrogens is 533 g/mol. The van der Waals surface area contributed by atoms with Gasteiger partial charge in [-0.2, -0.15) is 21.6 Å². The monoisotopic (exact) mass is 554 g/mol. The van der Waals surface area contributed by atoms with Crippen LogP contribution in [0.3, 0.4) is 0 Å². The molecular formula is C24H22ClF3N4O4S. The maximum absolute atomic E-state index is 13.6. The van der Waals surface area contributed by atoms with Gasteiger partial charge in [0, 0.05) is 23.7 Å². The number of nitrogens with one attached hydrogen (secondary N) is 1. The van der Waals surface area contributed by atoms with Crippen LogP contribution in [0.4, 0.5) is 24.8 Å². The Labute approximate surface area is 216 Å². The van der Waals surface area contributed by atoms with Crippen LogP contribution in [0.15, 0.2) is 59.6 Å². The number of halogens is 4. The summed E-state index contributed by atoms with van der Waals surface area (Å²) in [4.78, 5) is 21.4. The topological polar surface area (TPSA) is 112 Å². The van der Waals surface area contributed by atoms with Gasteiger partial charge in [-0.1, -0.05) is 35.9 Å². The molecule has 2 N–H and O–H groups in total. The van der Waals surface area contributed by atoms with Gasteiger partial charge < -0.3 is 10.0 Å². The molecule has 8 nitrogen and oxygen atoms in total. The molecule has 3 heterocycles. The van der Waals surface area contributed by atoms with Crippen molar-refractivity contribution in [1.82, 2.24) is 9.97 Å². The molecule has 1 saturated heterocycles. The van der Waals surface area contributed by atoms with Crippen molar-refractivity contribution in [1.29, 1.82) is 0 Å². The second-order valence-electron chi connectivity index (χ2n) is 8.86. The molecule has 1 aromatic carbocycles. The molecule has 0 atom stereocenters. The minimum atomic E-state index is -4.75. The van der Waals surface area contributed by atoms with Crippen LogP contribution in [0.25, 0.3) is 11.3 Å². The van der Waals surface area contributed by atoms with E-state index in [1.807, 2.05) is 0 Å². The van der Waals surface area contributed by atoms with Crippen molar-refractivity contribution in [2.24, 2.45) is 5.41 Å². The molecule has 0 radical (unpaired) electrons. The Morgan fingerprint density at radius 1 is 1.05 bits per heavy atom. The van der Waals surface area contributed by atoms with E-state index in [0.717, 1.165) is 12.1 Å². The molecule has 0 amide bonds. The smallest absolute Gasteiger partial charge is 0.418 e. The zero-order chi connectivity index (χ0) is 27.0. The molecule has 0 unspecified atom stereocenters. The van der Waals surface area contributed by atoms with Crippen LogP contribution in [0.1, 0.15) is 25.3 Å². The fourth-order valence-corrected chi connectivity index (χ4v) is 5.16. The van der Waals surface area contributed by atoms with E-state index in [-0.39, 0.29) is 21.4 Å². The number of carboxylic acids is 1. The first-order chi connectivity index (χ1) is 17.3. The summed E-state index contributed by atoms with van der Waals surface area (Å²) in [5, 5.41) is 9.08. The average Bonchev–Trinajstić information content (AvgIpc) is 2.84. The molecule has 0 bridgehead atoms. The quantitative estimate of drug-likeness (QED) is 0.425. The first kappa shape index (κ1) is 26.7. The summed E-state index contributed by atoms with van der Waals surface area (Å²) in [5.41, 5.74) is -2.46. The second kappa shape index (κ2) is 9.82. The predicted octanol–water partition coefficient (Wildman–Crippen LogP) is 5.31. The highest BCUT2D eigenvalue weighted by molar-refractivity contribution is 7.92. The molecule has 1 fully saturated rings. The number of carbonyl (C=O) groups is 1. The summed E-state index contributed by atoms with van der Waals surface area (Å²) in [6.07, 6.45) is -4.03. The standard InChI is InChI=1S/C24H22ClF3N4O4S/c1-23(22(33)34)11-13-32(14-12-23)19-7-4-8-20(30-19)37(35,36)31-18-10-9-16(24(26,27)28)21(29-18)15-5-2-3-6-17(15)25/h2-10H,11-14H2,1H3,(H,29,31)(H,33,34). The molecule has 37 heavy (non-hydrogen) atoms. The van der Waals surface area contributed by atoms with Gasteiger partial charge in [0.25, 0.3) is 10.0 Å². The van der Waals surface area contributed by atoms with E-state index >= 15 is 0 Å². The molecule has 3 aromatic rings. The van der Waals surface area contributed by atoms with E-state index in [9.17, 15) is 31.5 Å². The maximum atomic E-state index is 13.6. The lowest BCUT2D eigenvalue weighted by Gasteiger charge is -2.37. The summed E-state index contributed by atoms with van der Waals surface area (Å²) in [7, 11) is -4.33. The number of pyridine rings is 2. The van der Waals surface area contributed by atoms with E-state index in [1.54, 1.807) is 24.0 Å². The van der Waals surface area contributed by atoms with Crippen LogP contribution in [0, 0.1) is 5.41 Å². The summed E-state index contributed by atoms with van der Waals surface area (Å²) >= 11 is 6.10. The third kappa shape index (κ3) is 5.64. The third-order valence-electron chi connectivity index (χ3n) is 6.26. The highest BCUT2D eigenvalue weighted by Crippen LogP contribution is 2.39. The number of aromatic nitrogens is 2. The highest BCUT2D eigenvalue weighted by Gasteiger charge is 2.38. The van der Waals surface area contributed by atoms with Gasteiger partial charge >= 0.3 is 12.1 Å². The number of piperidine rings is 1. The van der Waals surface area contributed by atoms with E-state index < -0.39 is 38.8 Å². The summed E-state index contributed by atoms with van der Waals surface area (Å²) in [5.74, 6) is -0.890. The maximum Gasteiger partial charge on any atom is 0.418 e. The second-order valence-corrected chi connectivity index (χ2v) is 10.9. The average molecular weight is 555 g/mol. The Balaban J connectivity index is 1.62. The van der Waals surface area contributed by atoms with Crippen molar-refractivity contribution in [3.8, 4) is 11.3 Å². The van der Waals surface area contributed by atoms with Crippen LogP contribution in [0.5, 0.6) is 0 Å². The van der Waals surface area contributed by atoms with Crippen molar-refractivity contribution < 1.29 is 31.5 Å². The van der Waals surface area contributed by atoms with Gasteiger partial charge in [0.15, 0.2) is 5.03 Å². The lowest BCUT2D eigenvalue weighted by Crippen LogP contribution is -2.43. The molecule has 196 valence electrons. The molecule has 0 aliphatic carbocycles. The van der Waals surface area contributed by atoms with E-state index in [0.29, 0.717) is 31.7 Å². The van der Waals surface area contributed by atoms with Gasteiger partial charge in [-0.05, 0) is 50.1 Å². The Hall–Kier alpha value is -3.38. The van der Waals surface area contributed by atoms with E-state index in [4.69, 9.17) is 11.6 Å². The van der Waals surface area contributed by atoms with E-state index in [1.165, 1.54) is 30.3 Å². The van der Waals surface area contributed by atoms with Gasteiger partial charge in [-0.3, -0.25) is 9.52 Å². The molecule has 4 rings (SSSR count). The summed E-state index contributed by atoms with van der Waals surface area (Å²) in [6, 6.07) is 11.8. The lowest BCUT2D eigenvalue weighted by atomic mass is 9.80. The predicted molar refractivity (Wildman–Crippen MR) is 132 cm³/mol. The Bertz CT molecular complexity index is 1440. The van der Waals surface area contributed by atoms with Crippen molar-refractivity contribution >= 4 is 39.2 Å². The van der Waals surface area contributed by atoms with Crippen LogP contribution in [0.2, 0.25) is 5.02 Å². The molecule has 0 saturated carbocycles. The lowest BCUT2D eigenvalue weighted by molar-refractivity contribution is -0.149. The van der Waals surface area contributed by atoms with Crippen LogP contribution in [-0.2, 0) is 21.0 Å². The van der Waals surface area contributed by atoms with Crippen LogP contribution in [-0.4, -0.2) is 42.6 Å². The van der Waals surface area contributed by atoms with Gasteiger partial charge in [0.2, 0.25) is 0 Å². The Morgan fingerprint density at radius 3 is 2.35 bits per heavy atom. The van der Waals surface area contributed by atoms with Gasteiger partial charge in [-0.25, -0.2) is 9.97 Å². The largest absolute Gasteiger partial charge is 0.481 e. The van der Waals surface area contributed by atoms with Crippen LogP contribution < -0.4 is 9.62 Å². The number of rotatable bonds is 6.